The van der Waals surface area contributed by atoms with Crippen molar-refractivity contribution in [2.45, 2.75) is 9.72 Å². The maximum absolute atomic E-state index is 11.6. The van der Waals surface area contributed by atoms with Crippen molar-refractivity contribution in [3.8, 4) is 5.75 Å². The molecule has 74 valence electrons. The summed E-state index contributed by atoms with van der Waals surface area (Å²) in [5, 5.41) is 0. The van der Waals surface area contributed by atoms with E-state index < -0.39 is 0 Å². The van der Waals surface area contributed by atoms with E-state index in [0.717, 1.165) is 15.9 Å². The van der Waals surface area contributed by atoms with Gasteiger partial charge >= 0.3 is 0 Å². The van der Waals surface area contributed by atoms with E-state index in [1.165, 1.54) is 0 Å². The Morgan fingerprint density at radius 1 is 1.57 bits per heavy atom. The molecule has 0 N–H and O–H groups in total. The quantitative estimate of drug-likeness (QED) is 0.743. The van der Waals surface area contributed by atoms with Crippen molar-refractivity contribution in [2.24, 2.45) is 0 Å². The van der Waals surface area contributed by atoms with E-state index in [0.29, 0.717) is 17.9 Å². The lowest BCUT2D eigenvalue weighted by molar-refractivity contribution is 0.0946. The summed E-state index contributed by atoms with van der Waals surface area (Å²) in [4.78, 5) is 12.3. The van der Waals surface area contributed by atoms with Gasteiger partial charge in [-0.25, -0.2) is 0 Å². The fourth-order valence-electron chi connectivity index (χ4n) is 1.28. The number of hydrogen-bond acceptors (Lipinski definition) is 3. The molecule has 1 atom stereocenters. The molecule has 0 fully saturated rings. The van der Waals surface area contributed by atoms with Gasteiger partial charge in [0.05, 0.1) is 5.56 Å². The SMILES string of the molecule is O=C1c2ccc(SCl)cc2OCC1Br. The van der Waals surface area contributed by atoms with Crippen LogP contribution in [-0.4, -0.2) is 17.2 Å². The fourth-order valence-corrected chi connectivity index (χ4v) is 2.22. The van der Waals surface area contributed by atoms with Crippen LogP contribution in [0.2, 0.25) is 0 Å². The first-order valence-electron chi connectivity index (χ1n) is 3.96. The number of rotatable bonds is 1. The summed E-state index contributed by atoms with van der Waals surface area (Å²) in [6.45, 7) is 0.377. The van der Waals surface area contributed by atoms with Gasteiger partial charge in [0.1, 0.15) is 17.2 Å². The van der Waals surface area contributed by atoms with Gasteiger partial charge in [-0.2, -0.15) is 0 Å². The predicted octanol–water partition coefficient (Wildman–Crippen LogP) is 3.27. The van der Waals surface area contributed by atoms with Crippen LogP contribution in [-0.2, 0) is 0 Å². The Bertz CT molecular complexity index is 383. The summed E-state index contributed by atoms with van der Waals surface area (Å²) in [6.07, 6.45) is 0. The first-order chi connectivity index (χ1) is 6.72. The summed E-state index contributed by atoms with van der Waals surface area (Å²) in [7, 11) is 6.71. The summed E-state index contributed by atoms with van der Waals surface area (Å²) in [5.74, 6) is 0.689. The Morgan fingerprint density at radius 2 is 2.36 bits per heavy atom. The minimum Gasteiger partial charge on any atom is -0.491 e. The Morgan fingerprint density at radius 3 is 3.07 bits per heavy atom. The highest BCUT2D eigenvalue weighted by Crippen LogP contribution is 2.32. The largest absolute Gasteiger partial charge is 0.491 e. The number of fused-ring (bicyclic) bond motifs is 1. The highest BCUT2D eigenvalue weighted by molar-refractivity contribution is 9.10. The maximum Gasteiger partial charge on any atom is 0.183 e. The summed E-state index contributed by atoms with van der Waals surface area (Å²) >= 11 is 3.25. The normalized spacial score (nSPS) is 20.1. The lowest BCUT2D eigenvalue weighted by Crippen LogP contribution is -2.27. The monoisotopic (exact) mass is 292 g/mol. The van der Waals surface area contributed by atoms with Crippen molar-refractivity contribution < 1.29 is 9.53 Å². The van der Waals surface area contributed by atoms with E-state index in [2.05, 4.69) is 15.9 Å². The van der Waals surface area contributed by atoms with Crippen LogP contribution in [0.5, 0.6) is 5.75 Å². The molecule has 2 nitrogen and oxygen atoms in total. The average molecular weight is 294 g/mol. The highest BCUT2D eigenvalue weighted by atomic mass is 79.9. The summed E-state index contributed by atoms with van der Waals surface area (Å²) < 4.78 is 5.41. The topological polar surface area (TPSA) is 26.3 Å². The van der Waals surface area contributed by atoms with Gasteiger partial charge in [0.25, 0.3) is 0 Å². The van der Waals surface area contributed by atoms with Gasteiger partial charge in [0.2, 0.25) is 0 Å². The zero-order valence-electron chi connectivity index (χ0n) is 7.00. The van der Waals surface area contributed by atoms with Crippen molar-refractivity contribution in [3.63, 3.8) is 0 Å². The van der Waals surface area contributed by atoms with E-state index in [1.54, 1.807) is 12.1 Å². The molecule has 0 radical (unpaired) electrons. The molecule has 1 heterocycles. The van der Waals surface area contributed by atoms with Gasteiger partial charge in [-0.05, 0) is 39.9 Å². The molecule has 2 rings (SSSR count). The van der Waals surface area contributed by atoms with E-state index in [9.17, 15) is 4.79 Å². The van der Waals surface area contributed by atoms with Gasteiger partial charge in [-0.15, -0.1) is 0 Å². The number of carbonyl (C=O) groups is 1. The van der Waals surface area contributed by atoms with Crippen molar-refractivity contribution in [1.29, 1.82) is 0 Å². The molecule has 1 aliphatic rings. The number of ether oxygens (including phenoxy) is 1. The molecule has 1 aliphatic heterocycles. The van der Waals surface area contributed by atoms with Crippen LogP contribution in [0.1, 0.15) is 10.4 Å². The molecular formula is C9H6BrClO2S. The molecule has 14 heavy (non-hydrogen) atoms. The molecule has 0 saturated carbocycles. The number of alkyl halides is 1. The Labute approximate surface area is 98.6 Å². The summed E-state index contributed by atoms with van der Waals surface area (Å²) in [6, 6.07) is 5.34. The van der Waals surface area contributed by atoms with Gasteiger partial charge in [0.15, 0.2) is 5.78 Å². The number of ketones is 1. The first kappa shape index (κ1) is 10.3. The van der Waals surface area contributed by atoms with Crippen LogP contribution in [0.15, 0.2) is 23.1 Å². The predicted molar refractivity (Wildman–Crippen MR) is 60.7 cm³/mol. The molecule has 0 amide bonds. The second-order valence-electron chi connectivity index (χ2n) is 2.88. The molecule has 1 aromatic carbocycles. The van der Waals surface area contributed by atoms with Crippen LogP contribution < -0.4 is 4.74 Å². The number of halogens is 2. The third kappa shape index (κ3) is 1.78. The number of carbonyl (C=O) groups excluding carboxylic acids is 1. The molecule has 1 unspecified atom stereocenters. The van der Waals surface area contributed by atoms with E-state index in [4.69, 9.17) is 15.4 Å². The van der Waals surface area contributed by atoms with Crippen LogP contribution in [0.4, 0.5) is 0 Å². The fraction of sp³-hybridized carbons (Fsp3) is 0.222. The van der Waals surface area contributed by atoms with Crippen LogP contribution >= 0.6 is 37.6 Å². The van der Waals surface area contributed by atoms with Crippen LogP contribution in [0.25, 0.3) is 0 Å². The molecule has 0 saturated heterocycles. The standard InChI is InChI=1S/C9H6BrClO2S/c10-7-4-13-8-3-5(14-11)1-2-6(8)9(7)12/h1-3,7H,4H2. The third-order valence-electron chi connectivity index (χ3n) is 1.98. The second kappa shape index (κ2) is 4.13. The number of Topliss-reactive ketones (excluding diaryl/α,β-unsaturated/α-hetero) is 1. The lowest BCUT2D eigenvalue weighted by Gasteiger charge is -2.20. The highest BCUT2D eigenvalue weighted by Gasteiger charge is 2.26. The van der Waals surface area contributed by atoms with Crippen molar-refractivity contribution >= 4 is 43.4 Å². The molecule has 0 bridgehead atoms. The molecule has 0 aliphatic carbocycles. The molecule has 0 spiro atoms. The van der Waals surface area contributed by atoms with E-state index >= 15 is 0 Å². The first-order valence-corrected chi connectivity index (χ1v) is 6.52. The third-order valence-corrected chi connectivity index (χ3v) is 3.62. The Balaban J connectivity index is 2.44. The second-order valence-corrected chi connectivity index (χ2v) is 5.07. The van der Waals surface area contributed by atoms with Crippen molar-refractivity contribution in [2.75, 3.05) is 6.61 Å². The number of benzene rings is 1. The Hall–Kier alpha value is -0.190. The van der Waals surface area contributed by atoms with Crippen molar-refractivity contribution in [3.05, 3.63) is 23.8 Å². The summed E-state index contributed by atoms with van der Waals surface area (Å²) in [5.41, 5.74) is 0.618. The van der Waals surface area contributed by atoms with Gasteiger partial charge in [-0.3, -0.25) is 4.79 Å². The van der Waals surface area contributed by atoms with Gasteiger partial charge in [0, 0.05) is 4.90 Å². The average Bonchev–Trinajstić information content (AvgIpc) is 2.23. The minimum absolute atomic E-state index is 0.0670. The molecule has 0 aromatic heterocycles. The van der Waals surface area contributed by atoms with Crippen LogP contribution in [0.3, 0.4) is 0 Å². The zero-order valence-corrected chi connectivity index (χ0v) is 10.2. The smallest absolute Gasteiger partial charge is 0.183 e. The Kier molecular flexibility index (Phi) is 3.04. The molecular weight excluding hydrogens is 288 g/mol. The number of hydrogen-bond donors (Lipinski definition) is 0. The van der Waals surface area contributed by atoms with E-state index in [1.807, 2.05) is 6.07 Å². The maximum atomic E-state index is 11.6. The lowest BCUT2D eigenvalue weighted by atomic mass is 10.1. The molecule has 1 aromatic rings. The van der Waals surface area contributed by atoms with Crippen LogP contribution in [0, 0.1) is 0 Å². The minimum atomic E-state index is -0.232. The van der Waals surface area contributed by atoms with Gasteiger partial charge in [-0.1, -0.05) is 15.9 Å². The van der Waals surface area contributed by atoms with Crippen molar-refractivity contribution in [1.82, 2.24) is 0 Å². The van der Waals surface area contributed by atoms with E-state index in [-0.39, 0.29) is 10.6 Å². The molecule has 5 heteroatoms. The van der Waals surface area contributed by atoms with Gasteiger partial charge < -0.3 is 4.74 Å². The zero-order chi connectivity index (χ0) is 10.1.